The van der Waals surface area contributed by atoms with Gasteiger partial charge in [0.15, 0.2) is 0 Å². The van der Waals surface area contributed by atoms with E-state index >= 15 is 0 Å². The first-order valence-corrected chi connectivity index (χ1v) is 15.5. The van der Waals surface area contributed by atoms with E-state index in [0.29, 0.717) is 0 Å². The minimum absolute atomic E-state index is 1.12. The van der Waals surface area contributed by atoms with Crippen molar-refractivity contribution in [3.05, 3.63) is 188 Å². The van der Waals surface area contributed by atoms with E-state index < -0.39 is 0 Å². The Morgan fingerprint density at radius 3 is 1.36 bits per heavy atom. The first-order chi connectivity index (χ1) is 22.4. The molecule has 8 rings (SSSR count). The average molecular weight is 574 g/mol. The maximum atomic E-state index is 2.38. The summed E-state index contributed by atoms with van der Waals surface area (Å²) in [5, 5.41) is 4.99. The van der Waals surface area contributed by atoms with Gasteiger partial charge in [0.1, 0.15) is 0 Å². The predicted molar refractivity (Wildman–Crippen MR) is 192 cm³/mol. The lowest BCUT2D eigenvalue weighted by Crippen LogP contribution is -2.11. The first-order valence-electron chi connectivity index (χ1n) is 15.5. The van der Waals surface area contributed by atoms with Gasteiger partial charge in [-0.25, -0.2) is 0 Å². The molecule has 0 aliphatic carbocycles. The summed E-state index contributed by atoms with van der Waals surface area (Å²) in [6.45, 7) is 0. The van der Waals surface area contributed by atoms with E-state index in [1.54, 1.807) is 0 Å². The smallest absolute Gasteiger partial charge is 0.0540 e. The molecule has 0 spiro atoms. The molecular formula is C44H31N. The van der Waals surface area contributed by atoms with E-state index in [1.165, 1.54) is 54.9 Å². The largest absolute Gasteiger partial charge is 0.310 e. The van der Waals surface area contributed by atoms with E-state index in [0.717, 1.165) is 17.1 Å². The molecule has 0 aliphatic rings. The lowest BCUT2D eigenvalue weighted by atomic mass is 9.82. The highest BCUT2D eigenvalue weighted by Gasteiger charge is 2.23. The molecule has 8 aromatic carbocycles. The van der Waals surface area contributed by atoms with Gasteiger partial charge in [0, 0.05) is 22.5 Å². The third-order valence-corrected chi connectivity index (χ3v) is 8.64. The van der Waals surface area contributed by atoms with Crippen molar-refractivity contribution in [2.75, 3.05) is 4.90 Å². The summed E-state index contributed by atoms with van der Waals surface area (Å²) in [6.07, 6.45) is 0. The summed E-state index contributed by atoms with van der Waals surface area (Å²) >= 11 is 0. The molecule has 0 saturated carbocycles. The standard InChI is InChI=1S/C44H31N/c1-5-18-32(19-6-1)36-29-17-30-40-42(33-20-7-2-8-21-33)37-26-13-14-27-38(37)44(43(36)40)39-28-15-16-31-41(39)45(34-22-9-3-10-23-34)35-24-11-4-12-25-35/h1-31H. The van der Waals surface area contributed by atoms with E-state index in [1.807, 2.05) is 0 Å². The second kappa shape index (κ2) is 11.6. The van der Waals surface area contributed by atoms with Crippen molar-refractivity contribution in [2.45, 2.75) is 0 Å². The molecule has 0 bridgehead atoms. The number of para-hydroxylation sites is 3. The highest BCUT2D eigenvalue weighted by Crippen LogP contribution is 2.50. The van der Waals surface area contributed by atoms with E-state index in [-0.39, 0.29) is 0 Å². The molecule has 0 heterocycles. The van der Waals surface area contributed by atoms with Gasteiger partial charge in [0.2, 0.25) is 0 Å². The van der Waals surface area contributed by atoms with Gasteiger partial charge in [0.05, 0.1) is 5.69 Å². The number of hydrogen-bond acceptors (Lipinski definition) is 1. The van der Waals surface area contributed by atoms with Gasteiger partial charge in [-0.05, 0) is 74.1 Å². The van der Waals surface area contributed by atoms with Crippen LogP contribution in [-0.4, -0.2) is 0 Å². The molecule has 0 saturated heterocycles. The fourth-order valence-electron chi connectivity index (χ4n) is 6.74. The summed E-state index contributed by atoms with van der Waals surface area (Å²) in [5.74, 6) is 0. The van der Waals surface area contributed by atoms with Crippen molar-refractivity contribution in [1.29, 1.82) is 0 Å². The van der Waals surface area contributed by atoms with Crippen LogP contribution in [0.2, 0.25) is 0 Å². The van der Waals surface area contributed by atoms with Gasteiger partial charge in [-0.15, -0.1) is 0 Å². The SMILES string of the molecule is c1ccc(-c2c3ccccc3c(-c3ccccc3N(c3ccccc3)c3ccccc3)c3c(-c4ccccc4)cccc23)cc1. The number of hydrogen-bond donors (Lipinski definition) is 0. The highest BCUT2D eigenvalue weighted by molar-refractivity contribution is 6.25. The molecular weight excluding hydrogens is 542 g/mol. The lowest BCUT2D eigenvalue weighted by Gasteiger charge is -2.29. The molecule has 45 heavy (non-hydrogen) atoms. The van der Waals surface area contributed by atoms with Crippen molar-refractivity contribution in [3.8, 4) is 33.4 Å². The van der Waals surface area contributed by atoms with Crippen LogP contribution in [-0.2, 0) is 0 Å². The molecule has 0 atom stereocenters. The topological polar surface area (TPSA) is 3.24 Å². The average Bonchev–Trinajstić information content (AvgIpc) is 3.12. The van der Waals surface area contributed by atoms with Crippen molar-refractivity contribution >= 4 is 38.6 Å². The monoisotopic (exact) mass is 573 g/mol. The number of nitrogens with zero attached hydrogens (tertiary/aromatic N) is 1. The molecule has 1 nitrogen and oxygen atoms in total. The molecule has 8 aromatic rings. The Bertz CT molecular complexity index is 2200. The number of anilines is 3. The molecule has 0 aliphatic heterocycles. The minimum atomic E-state index is 1.12. The molecule has 212 valence electrons. The molecule has 0 N–H and O–H groups in total. The fourth-order valence-corrected chi connectivity index (χ4v) is 6.74. The van der Waals surface area contributed by atoms with Crippen LogP contribution in [0.1, 0.15) is 0 Å². The van der Waals surface area contributed by atoms with Gasteiger partial charge in [0.25, 0.3) is 0 Å². The number of benzene rings is 8. The molecule has 0 fully saturated rings. The normalized spacial score (nSPS) is 11.1. The Morgan fingerprint density at radius 2 is 0.733 bits per heavy atom. The van der Waals surface area contributed by atoms with Gasteiger partial charge in [-0.1, -0.05) is 158 Å². The Balaban J connectivity index is 1.54. The van der Waals surface area contributed by atoms with Crippen LogP contribution in [0.5, 0.6) is 0 Å². The van der Waals surface area contributed by atoms with E-state index in [4.69, 9.17) is 0 Å². The number of rotatable bonds is 6. The molecule has 0 radical (unpaired) electrons. The second-order valence-electron chi connectivity index (χ2n) is 11.3. The van der Waals surface area contributed by atoms with E-state index in [2.05, 4.69) is 193 Å². The second-order valence-corrected chi connectivity index (χ2v) is 11.3. The predicted octanol–water partition coefficient (Wildman–Crippen LogP) is 12.5. The van der Waals surface area contributed by atoms with Crippen LogP contribution in [0.4, 0.5) is 17.1 Å². The van der Waals surface area contributed by atoms with Crippen molar-refractivity contribution in [2.24, 2.45) is 0 Å². The van der Waals surface area contributed by atoms with Crippen LogP contribution in [0.3, 0.4) is 0 Å². The summed E-state index contributed by atoms with van der Waals surface area (Å²) in [6, 6.07) is 67.6. The number of fused-ring (bicyclic) bond motifs is 2. The van der Waals surface area contributed by atoms with Gasteiger partial charge in [-0.3, -0.25) is 0 Å². The minimum Gasteiger partial charge on any atom is -0.310 e. The lowest BCUT2D eigenvalue weighted by molar-refractivity contribution is 1.28. The maximum Gasteiger partial charge on any atom is 0.0540 e. The zero-order chi connectivity index (χ0) is 30.0. The molecule has 1 heteroatoms. The maximum absolute atomic E-state index is 2.38. The van der Waals surface area contributed by atoms with Gasteiger partial charge in [-0.2, -0.15) is 0 Å². The molecule has 0 aromatic heterocycles. The Morgan fingerprint density at radius 1 is 0.289 bits per heavy atom. The molecule has 0 unspecified atom stereocenters. The van der Waals surface area contributed by atoms with Crippen LogP contribution < -0.4 is 4.90 Å². The highest BCUT2D eigenvalue weighted by atomic mass is 15.1. The zero-order valence-electron chi connectivity index (χ0n) is 24.8. The quantitative estimate of drug-likeness (QED) is 0.179. The van der Waals surface area contributed by atoms with Crippen LogP contribution >= 0.6 is 0 Å². The van der Waals surface area contributed by atoms with Gasteiger partial charge < -0.3 is 4.90 Å². The zero-order valence-corrected chi connectivity index (χ0v) is 24.8. The van der Waals surface area contributed by atoms with Gasteiger partial charge >= 0.3 is 0 Å². The summed E-state index contributed by atoms with van der Waals surface area (Å²) < 4.78 is 0. The Hall–Kier alpha value is -5.92. The van der Waals surface area contributed by atoms with Crippen molar-refractivity contribution in [3.63, 3.8) is 0 Å². The summed E-state index contributed by atoms with van der Waals surface area (Å²) in [5.41, 5.74) is 10.7. The van der Waals surface area contributed by atoms with Crippen molar-refractivity contribution in [1.82, 2.24) is 0 Å². The fraction of sp³-hybridized carbons (Fsp3) is 0. The summed E-state index contributed by atoms with van der Waals surface area (Å²) in [4.78, 5) is 2.38. The third-order valence-electron chi connectivity index (χ3n) is 8.64. The van der Waals surface area contributed by atoms with Crippen LogP contribution in [0, 0.1) is 0 Å². The Kier molecular flexibility index (Phi) is 6.90. The Labute approximate surface area is 264 Å². The van der Waals surface area contributed by atoms with E-state index in [9.17, 15) is 0 Å². The van der Waals surface area contributed by atoms with Crippen molar-refractivity contribution < 1.29 is 0 Å². The first kappa shape index (κ1) is 26.7. The third kappa shape index (κ3) is 4.76. The van der Waals surface area contributed by atoms with Crippen LogP contribution in [0.15, 0.2) is 188 Å². The summed E-state index contributed by atoms with van der Waals surface area (Å²) in [7, 11) is 0. The van der Waals surface area contributed by atoms with Crippen LogP contribution in [0.25, 0.3) is 54.9 Å². The molecule has 0 amide bonds.